The lowest BCUT2D eigenvalue weighted by Crippen LogP contribution is -2.50. The second kappa shape index (κ2) is 8.37. The second-order valence-corrected chi connectivity index (χ2v) is 10.9. The van der Waals surface area contributed by atoms with E-state index in [9.17, 15) is 14.4 Å². The van der Waals surface area contributed by atoms with Crippen LogP contribution in [0.25, 0.3) is 0 Å². The largest absolute Gasteiger partial charge is 0.447 e. The maximum atomic E-state index is 13.5. The first-order valence-corrected chi connectivity index (χ1v) is 12.7. The first-order valence-electron chi connectivity index (χ1n) is 12.7. The zero-order valence-electron chi connectivity index (χ0n) is 18.9. The Hall–Kier alpha value is -2.50. The van der Waals surface area contributed by atoms with Gasteiger partial charge in [-0.15, -0.1) is 0 Å². The molecule has 6 nitrogen and oxygen atoms in total. The van der Waals surface area contributed by atoms with E-state index >= 15 is 0 Å². The summed E-state index contributed by atoms with van der Waals surface area (Å²) >= 11 is 0. The number of oxazole rings is 1. The monoisotopic (exact) mass is 448 g/mol. The molecule has 5 aliphatic rings. The van der Waals surface area contributed by atoms with Crippen molar-refractivity contribution in [1.82, 2.24) is 10.3 Å². The van der Waals surface area contributed by atoms with E-state index in [0.717, 1.165) is 38.5 Å². The predicted molar refractivity (Wildman–Crippen MR) is 120 cm³/mol. The molecule has 0 bridgehead atoms. The number of fused-ring (bicyclic) bond motifs is 7. The van der Waals surface area contributed by atoms with Crippen LogP contribution < -0.4 is 5.32 Å². The van der Waals surface area contributed by atoms with Crippen molar-refractivity contribution >= 4 is 17.5 Å². The van der Waals surface area contributed by atoms with Crippen LogP contribution in [0.3, 0.4) is 0 Å². The van der Waals surface area contributed by atoms with Crippen molar-refractivity contribution in [2.75, 3.05) is 0 Å². The highest BCUT2D eigenvalue weighted by Crippen LogP contribution is 2.57. The summed E-state index contributed by atoms with van der Waals surface area (Å²) in [4.78, 5) is 42.4. The van der Waals surface area contributed by atoms with Crippen molar-refractivity contribution in [2.24, 2.45) is 47.3 Å². The van der Waals surface area contributed by atoms with Gasteiger partial charge in [0.05, 0.1) is 12.7 Å². The summed E-state index contributed by atoms with van der Waals surface area (Å²) in [7, 11) is 0. The van der Waals surface area contributed by atoms with Crippen LogP contribution in [-0.2, 0) is 20.9 Å². The van der Waals surface area contributed by atoms with Gasteiger partial charge in [-0.1, -0.05) is 11.6 Å². The number of ketones is 2. The number of amides is 1. The quantitative estimate of drug-likeness (QED) is 0.754. The number of hydrogen-bond donors (Lipinski definition) is 1. The molecule has 0 aliphatic heterocycles. The third kappa shape index (κ3) is 3.71. The molecular weight excluding hydrogens is 416 g/mol. The van der Waals surface area contributed by atoms with Gasteiger partial charge in [0.15, 0.2) is 11.6 Å². The molecule has 33 heavy (non-hydrogen) atoms. The molecule has 0 saturated heterocycles. The van der Waals surface area contributed by atoms with Crippen LogP contribution in [0.1, 0.15) is 57.3 Å². The van der Waals surface area contributed by atoms with Crippen molar-refractivity contribution < 1.29 is 18.8 Å². The molecule has 3 fully saturated rings. The molecule has 5 aliphatic carbocycles. The normalized spacial score (nSPS) is 39.6. The molecule has 6 heteroatoms. The summed E-state index contributed by atoms with van der Waals surface area (Å²) in [6, 6.07) is 0. The first kappa shape index (κ1) is 21.1. The van der Waals surface area contributed by atoms with Crippen molar-refractivity contribution in [3.05, 3.63) is 42.2 Å². The van der Waals surface area contributed by atoms with Crippen LogP contribution in [-0.4, -0.2) is 22.5 Å². The lowest BCUT2D eigenvalue weighted by Gasteiger charge is -2.53. The lowest BCUT2D eigenvalue weighted by atomic mass is 9.50. The maximum absolute atomic E-state index is 13.5. The first-order chi connectivity index (χ1) is 16.1. The number of aromatic nitrogens is 1. The minimum Gasteiger partial charge on any atom is -0.447 e. The smallest absolute Gasteiger partial charge is 0.223 e. The highest BCUT2D eigenvalue weighted by atomic mass is 16.3. The van der Waals surface area contributed by atoms with E-state index in [1.54, 1.807) is 12.3 Å². The van der Waals surface area contributed by atoms with E-state index in [2.05, 4.69) is 16.4 Å². The van der Waals surface area contributed by atoms with Crippen LogP contribution in [0.4, 0.5) is 0 Å². The van der Waals surface area contributed by atoms with Crippen molar-refractivity contribution in [3.8, 4) is 0 Å². The number of nitrogens with one attached hydrogen (secondary N) is 1. The van der Waals surface area contributed by atoms with Crippen LogP contribution in [0.15, 0.2) is 40.7 Å². The Morgan fingerprint density at radius 3 is 2.76 bits per heavy atom. The second-order valence-electron chi connectivity index (χ2n) is 10.9. The Bertz CT molecular complexity index is 1010. The van der Waals surface area contributed by atoms with Gasteiger partial charge < -0.3 is 9.73 Å². The molecule has 0 aromatic carbocycles. The molecule has 8 atom stereocenters. The molecule has 1 aromatic rings. The Labute approximate surface area is 194 Å². The van der Waals surface area contributed by atoms with Gasteiger partial charge in [0.2, 0.25) is 11.8 Å². The molecule has 3 saturated carbocycles. The summed E-state index contributed by atoms with van der Waals surface area (Å²) in [5, 5.41) is 2.99. The van der Waals surface area contributed by atoms with Crippen molar-refractivity contribution in [1.29, 1.82) is 0 Å². The number of hydrogen-bond acceptors (Lipinski definition) is 5. The van der Waals surface area contributed by atoms with Gasteiger partial charge in [-0.05, 0) is 86.7 Å². The highest BCUT2D eigenvalue weighted by molar-refractivity contribution is 5.95. The van der Waals surface area contributed by atoms with Gasteiger partial charge in [-0.25, -0.2) is 4.98 Å². The topological polar surface area (TPSA) is 89.3 Å². The number of carbonyl (C=O) groups excluding carboxylic acids is 3. The highest BCUT2D eigenvalue weighted by Gasteiger charge is 2.52. The van der Waals surface area contributed by atoms with Gasteiger partial charge in [0, 0.05) is 24.2 Å². The number of allylic oxidation sites excluding steroid dienone is 4. The molecule has 1 N–H and O–H groups in total. The van der Waals surface area contributed by atoms with Crippen LogP contribution in [0, 0.1) is 47.3 Å². The molecule has 0 radical (unpaired) electrons. The van der Waals surface area contributed by atoms with Gasteiger partial charge in [0.1, 0.15) is 6.26 Å². The summed E-state index contributed by atoms with van der Waals surface area (Å²) in [5.41, 5.74) is 1.30. The maximum Gasteiger partial charge on any atom is 0.223 e. The fourth-order valence-electron chi connectivity index (χ4n) is 7.95. The van der Waals surface area contributed by atoms with Gasteiger partial charge in [-0.2, -0.15) is 0 Å². The van der Waals surface area contributed by atoms with Gasteiger partial charge in [-0.3, -0.25) is 14.4 Å². The van der Waals surface area contributed by atoms with Gasteiger partial charge in [0.25, 0.3) is 0 Å². The third-order valence-corrected chi connectivity index (χ3v) is 9.39. The standard InChI is InChI=1S/C27H32N2O4/c30-18-5-8-19-16(11-18)4-6-20-21-7-3-15-1-2-17(27(32)29-14-25-28-9-10-33-25)12-22(15)26(21)24(31)13-23(19)20/h5,8-10,13,15-17,19-22,26H,1-4,6-7,11-12,14H2,(H,29,32). The molecule has 6 rings (SSSR count). The van der Waals surface area contributed by atoms with Crippen molar-refractivity contribution in [2.45, 2.75) is 57.9 Å². The Kier molecular flexibility index (Phi) is 5.34. The average molecular weight is 449 g/mol. The van der Waals surface area contributed by atoms with Crippen LogP contribution >= 0.6 is 0 Å². The minimum atomic E-state index is -0.0406. The van der Waals surface area contributed by atoms with Crippen molar-refractivity contribution in [3.63, 3.8) is 0 Å². The lowest BCUT2D eigenvalue weighted by molar-refractivity contribution is -0.135. The number of carbonyl (C=O) groups is 3. The molecule has 1 amide bonds. The van der Waals surface area contributed by atoms with Crippen LogP contribution in [0.2, 0.25) is 0 Å². The summed E-state index contributed by atoms with van der Waals surface area (Å²) in [5.74, 6) is 3.48. The molecule has 174 valence electrons. The molecule has 1 aromatic heterocycles. The zero-order valence-corrected chi connectivity index (χ0v) is 18.9. The fraction of sp³-hybridized carbons (Fsp3) is 0.630. The third-order valence-electron chi connectivity index (χ3n) is 9.39. The molecule has 8 unspecified atom stereocenters. The van der Waals surface area contributed by atoms with E-state index in [0.29, 0.717) is 48.4 Å². The van der Waals surface area contributed by atoms with E-state index in [1.165, 1.54) is 18.3 Å². The summed E-state index contributed by atoms with van der Waals surface area (Å²) < 4.78 is 5.24. The number of nitrogens with zero attached hydrogens (tertiary/aromatic N) is 1. The average Bonchev–Trinajstić information content (AvgIpc) is 3.35. The SMILES string of the molecule is O=C1C=CC2C3=CC(=O)C4C5CC(C(=O)NCc6ncco6)CCC5CCC4C3CCC2C1. The number of rotatable bonds is 3. The fourth-order valence-corrected chi connectivity index (χ4v) is 7.95. The molecule has 1 heterocycles. The summed E-state index contributed by atoms with van der Waals surface area (Å²) in [6.45, 7) is 0.314. The van der Waals surface area contributed by atoms with E-state index in [1.807, 2.05) is 6.08 Å². The van der Waals surface area contributed by atoms with Gasteiger partial charge >= 0.3 is 0 Å². The predicted octanol–water partition coefficient (Wildman–Crippen LogP) is 4.03. The minimum absolute atomic E-state index is 0.0406. The zero-order chi connectivity index (χ0) is 22.5. The van der Waals surface area contributed by atoms with E-state index in [-0.39, 0.29) is 35.2 Å². The Morgan fingerprint density at radius 1 is 1.06 bits per heavy atom. The molecule has 0 spiro atoms. The van der Waals surface area contributed by atoms with E-state index < -0.39 is 0 Å². The molecular formula is C27H32N2O4. The Balaban J connectivity index is 1.20. The van der Waals surface area contributed by atoms with Crippen LogP contribution in [0.5, 0.6) is 0 Å². The Morgan fingerprint density at radius 2 is 1.91 bits per heavy atom. The van der Waals surface area contributed by atoms with E-state index in [4.69, 9.17) is 4.42 Å². The summed E-state index contributed by atoms with van der Waals surface area (Å²) in [6.07, 6.45) is 16.7.